The fraction of sp³-hybridized carbons (Fsp3) is 0.600. The Morgan fingerprint density at radius 2 is 2.06 bits per heavy atom. The summed E-state index contributed by atoms with van der Waals surface area (Å²) in [6.07, 6.45) is 0. The van der Waals surface area contributed by atoms with Gasteiger partial charge in [-0.2, -0.15) is 0 Å². The molecule has 3 N–H and O–H groups in total. The smallest absolute Gasteiger partial charge is 0.122 e. The molecule has 0 heterocycles. The second-order valence-electron chi connectivity index (χ2n) is 5.00. The van der Waals surface area contributed by atoms with E-state index in [4.69, 9.17) is 10.5 Å². The molecule has 0 bridgehead atoms. The van der Waals surface area contributed by atoms with Gasteiger partial charge in [-0.3, -0.25) is 0 Å². The molecular weight excluding hydrogens is 224 g/mol. The minimum absolute atomic E-state index is 0.372. The van der Waals surface area contributed by atoms with Crippen LogP contribution >= 0.6 is 0 Å². The number of hydrogen-bond acceptors (Lipinski definition) is 3. The Morgan fingerprint density at radius 3 is 2.56 bits per heavy atom. The molecule has 18 heavy (non-hydrogen) atoms. The molecular formula is C15H26N2O. The van der Waals surface area contributed by atoms with Gasteiger partial charge in [-0.15, -0.1) is 0 Å². The Balaban J connectivity index is 2.60. The van der Waals surface area contributed by atoms with Crippen molar-refractivity contribution in [1.29, 1.82) is 0 Å². The maximum atomic E-state index is 5.75. The van der Waals surface area contributed by atoms with Gasteiger partial charge in [-0.1, -0.05) is 26.0 Å². The van der Waals surface area contributed by atoms with Gasteiger partial charge in [0.15, 0.2) is 0 Å². The van der Waals surface area contributed by atoms with E-state index in [1.165, 1.54) is 11.1 Å². The molecule has 102 valence electrons. The maximum absolute atomic E-state index is 5.75. The zero-order chi connectivity index (χ0) is 13.5. The van der Waals surface area contributed by atoms with Crippen LogP contribution in [0.3, 0.4) is 0 Å². The first-order valence-electron chi connectivity index (χ1n) is 6.74. The summed E-state index contributed by atoms with van der Waals surface area (Å²) in [7, 11) is 0. The van der Waals surface area contributed by atoms with Crippen LogP contribution in [0.4, 0.5) is 0 Å². The van der Waals surface area contributed by atoms with Crippen LogP contribution in [0.1, 0.15) is 31.9 Å². The lowest BCUT2D eigenvalue weighted by atomic mass is 10.0. The van der Waals surface area contributed by atoms with Crippen molar-refractivity contribution in [3.8, 4) is 5.75 Å². The highest BCUT2D eigenvalue weighted by Crippen LogP contribution is 2.19. The summed E-state index contributed by atoms with van der Waals surface area (Å²) in [6, 6.07) is 6.70. The van der Waals surface area contributed by atoms with Gasteiger partial charge >= 0.3 is 0 Å². The summed E-state index contributed by atoms with van der Waals surface area (Å²) < 4.78 is 5.54. The summed E-state index contributed by atoms with van der Waals surface area (Å²) >= 11 is 0. The Bertz CT molecular complexity index is 364. The van der Waals surface area contributed by atoms with E-state index in [2.05, 4.69) is 38.2 Å². The zero-order valence-corrected chi connectivity index (χ0v) is 12.0. The fourth-order valence-electron chi connectivity index (χ4n) is 1.98. The lowest BCUT2D eigenvalue weighted by molar-refractivity contribution is 0.337. The average molecular weight is 250 g/mol. The van der Waals surface area contributed by atoms with Gasteiger partial charge in [-0.25, -0.2) is 0 Å². The molecule has 0 aliphatic heterocycles. The van der Waals surface area contributed by atoms with Crippen molar-refractivity contribution in [3.05, 3.63) is 29.3 Å². The van der Waals surface area contributed by atoms with E-state index in [9.17, 15) is 0 Å². The van der Waals surface area contributed by atoms with Gasteiger partial charge in [0.25, 0.3) is 0 Å². The summed E-state index contributed by atoms with van der Waals surface area (Å²) in [5.41, 5.74) is 8.21. The fourth-order valence-corrected chi connectivity index (χ4v) is 1.98. The highest BCUT2D eigenvalue weighted by atomic mass is 16.5. The Kier molecular flexibility index (Phi) is 6.16. The van der Waals surface area contributed by atoms with Gasteiger partial charge in [0, 0.05) is 19.1 Å². The normalized spacial score (nSPS) is 12.8. The van der Waals surface area contributed by atoms with Crippen LogP contribution in [0.25, 0.3) is 0 Å². The van der Waals surface area contributed by atoms with Crippen molar-refractivity contribution >= 4 is 0 Å². The largest absolute Gasteiger partial charge is 0.494 e. The van der Waals surface area contributed by atoms with Gasteiger partial charge < -0.3 is 15.8 Å². The van der Waals surface area contributed by atoms with E-state index in [1.807, 2.05) is 13.0 Å². The molecule has 0 aliphatic carbocycles. The van der Waals surface area contributed by atoms with Crippen LogP contribution in [0.15, 0.2) is 18.2 Å². The number of nitrogens with one attached hydrogen (secondary N) is 1. The SMILES string of the molecule is CCOc1ccc(CNC(CN)C(C)C)cc1C. The van der Waals surface area contributed by atoms with Gasteiger partial charge in [0.1, 0.15) is 5.75 Å². The van der Waals surface area contributed by atoms with Gasteiger partial charge in [-0.05, 0) is 37.0 Å². The lowest BCUT2D eigenvalue weighted by Crippen LogP contribution is -2.39. The number of benzene rings is 1. The molecule has 1 unspecified atom stereocenters. The first-order chi connectivity index (χ1) is 8.58. The highest BCUT2D eigenvalue weighted by Gasteiger charge is 2.10. The molecule has 1 aromatic rings. The monoisotopic (exact) mass is 250 g/mol. The zero-order valence-electron chi connectivity index (χ0n) is 12.0. The summed E-state index contributed by atoms with van der Waals surface area (Å²) in [5, 5.41) is 3.50. The van der Waals surface area contributed by atoms with E-state index >= 15 is 0 Å². The summed E-state index contributed by atoms with van der Waals surface area (Å²) in [4.78, 5) is 0. The molecule has 0 amide bonds. The van der Waals surface area contributed by atoms with E-state index < -0.39 is 0 Å². The number of aryl methyl sites for hydroxylation is 1. The minimum Gasteiger partial charge on any atom is -0.494 e. The quantitative estimate of drug-likeness (QED) is 0.781. The molecule has 0 spiro atoms. The molecule has 3 heteroatoms. The molecule has 1 rings (SSSR count). The van der Waals surface area contributed by atoms with Crippen LogP contribution in [0.5, 0.6) is 5.75 Å². The Labute approximate surface area is 111 Å². The van der Waals surface area contributed by atoms with Gasteiger partial charge in [0.05, 0.1) is 6.61 Å². The van der Waals surface area contributed by atoms with E-state index in [0.717, 1.165) is 12.3 Å². The molecule has 0 aliphatic rings. The first kappa shape index (κ1) is 15.0. The standard InChI is InChI=1S/C15H26N2O/c1-5-18-15-7-6-13(8-12(15)4)10-17-14(9-16)11(2)3/h6-8,11,14,17H,5,9-10,16H2,1-4H3. The molecule has 0 radical (unpaired) electrons. The third kappa shape index (κ3) is 4.31. The summed E-state index contributed by atoms with van der Waals surface area (Å²) in [5.74, 6) is 1.53. The average Bonchev–Trinajstić information content (AvgIpc) is 2.33. The van der Waals surface area contributed by atoms with E-state index in [0.29, 0.717) is 25.1 Å². The molecule has 1 atom stereocenters. The topological polar surface area (TPSA) is 47.3 Å². The van der Waals surface area contributed by atoms with Crippen molar-refractivity contribution in [3.63, 3.8) is 0 Å². The van der Waals surface area contributed by atoms with Crippen molar-refractivity contribution in [2.24, 2.45) is 11.7 Å². The Hall–Kier alpha value is -1.06. The molecule has 1 aromatic carbocycles. The number of hydrogen-bond donors (Lipinski definition) is 2. The van der Waals surface area contributed by atoms with E-state index in [1.54, 1.807) is 0 Å². The van der Waals surface area contributed by atoms with Crippen molar-refractivity contribution in [2.45, 2.75) is 40.3 Å². The van der Waals surface area contributed by atoms with Crippen LogP contribution in [-0.4, -0.2) is 19.2 Å². The predicted octanol–water partition coefficient (Wildman–Crippen LogP) is 2.47. The lowest BCUT2D eigenvalue weighted by Gasteiger charge is -2.20. The predicted molar refractivity (Wildman–Crippen MR) is 76.9 cm³/mol. The first-order valence-corrected chi connectivity index (χ1v) is 6.74. The molecule has 0 aromatic heterocycles. The molecule has 0 saturated carbocycles. The van der Waals surface area contributed by atoms with E-state index in [-0.39, 0.29) is 0 Å². The highest BCUT2D eigenvalue weighted by molar-refractivity contribution is 5.36. The van der Waals surface area contributed by atoms with Crippen molar-refractivity contribution < 1.29 is 4.74 Å². The third-order valence-corrected chi connectivity index (χ3v) is 3.17. The van der Waals surface area contributed by atoms with Crippen LogP contribution in [0, 0.1) is 12.8 Å². The Morgan fingerprint density at radius 1 is 1.33 bits per heavy atom. The van der Waals surface area contributed by atoms with Crippen LogP contribution in [-0.2, 0) is 6.54 Å². The second kappa shape index (κ2) is 7.39. The van der Waals surface area contributed by atoms with Crippen LogP contribution < -0.4 is 15.8 Å². The molecule has 0 fully saturated rings. The number of nitrogens with two attached hydrogens (primary N) is 1. The number of rotatable bonds is 7. The minimum atomic E-state index is 0.372. The maximum Gasteiger partial charge on any atom is 0.122 e. The van der Waals surface area contributed by atoms with Crippen molar-refractivity contribution in [2.75, 3.05) is 13.2 Å². The van der Waals surface area contributed by atoms with Crippen molar-refractivity contribution in [1.82, 2.24) is 5.32 Å². The summed E-state index contributed by atoms with van der Waals surface area (Å²) in [6.45, 7) is 10.7. The van der Waals surface area contributed by atoms with Gasteiger partial charge in [0.2, 0.25) is 0 Å². The molecule has 0 saturated heterocycles. The second-order valence-corrected chi connectivity index (χ2v) is 5.00. The number of ether oxygens (including phenoxy) is 1. The third-order valence-electron chi connectivity index (χ3n) is 3.17. The molecule has 3 nitrogen and oxygen atoms in total. The van der Waals surface area contributed by atoms with Crippen LogP contribution in [0.2, 0.25) is 0 Å².